The Labute approximate surface area is 225 Å². The van der Waals surface area contributed by atoms with Crippen molar-refractivity contribution >= 4 is 31.9 Å². The van der Waals surface area contributed by atoms with Crippen molar-refractivity contribution in [1.82, 2.24) is 0 Å². The summed E-state index contributed by atoms with van der Waals surface area (Å²) in [7, 11) is 0. The van der Waals surface area contributed by atoms with Crippen LogP contribution in [0.15, 0.2) is 84.9 Å². The fourth-order valence-electron chi connectivity index (χ4n) is 4.88. The molecular formula is C30H14Br2N4. The fraction of sp³-hybridized carbons (Fsp3) is 0.0667. The van der Waals surface area contributed by atoms with E-state index in [0.717, 1.165) is 38.9 Å². The van der Waals surface area contributed by atoms with Crippen molar-refractivity contribution in [2.24, 2.45) is 0 Å². The number of fused-ring (bicyclic) bond motifs is 8. The molecule has 36 heavy (non-hydrogen) atoms. The van der Waals surface area contributed by atoms with Crippen LogP contribution in [0.1, 0.15) is 11.1 Å². The van der Waals surface area contributed by atoms with Crippen LogP contribution in [0.5, 0.6) is 0 Å². The second kappa shape index (κ2) is 8.78. The lowest BCUT2D eigenvalue weighted by atomic mass is 9.75. The van der Waals surface area contributed by atoms with Gasteiger partial charge in [0.1, 0.15) is 24.3 Å². The van der Waals surface area contributed by atoms with Crippen LogP contribution in [0.25, 0.3) is 44.5 Å². The van der Waals surface area contributed by atoms with E-state index in [1.807, 2.05) is 72.8 Å². The number of nitrogens with zero attached hydrogens (tertiary/aromatic N) is 4. The van der Waals surface area contributed by atoms with Crippen molar-refractivity contribution in [2.75, 3.05) is 0 Å². The van der Waals surface area contributed by atoms with Crippen LogP contribution < -0.4 is 0 Å². The van der Waals surface area contributed by atoms with E-state index in [2.05, 4.69) is 62.2 Å². The lowest BCUT2D eigenvalue weighted by molar-refractivity contribution is 0.950. The lowest BCUT2D eigenvalue weighted by Crippen LogP contribution is -2.24. The van der Waals surface area contributed by atoms with Gasteiger partial charge in [-0.3, -0.25) is 0 Å². The van der Waals surface area contributed by atoms with Gasteiger partial charge in [0.15, 0.2) is 0 Å². The zero-order valence-corrected chi connectivity index (χ0v) is 21.8. The molecule has 5 rings (SSSR count). The molecule has 0 N–H and O–H groups in total. The Morgan fingerprint density at radius 2 is 0.806 bits per heavy atom. The largest absolute Gasteiger partial charge is 0.223 e. The summed E-state index contributed by atoms with van der Waals surface area (Å²) in [6, 6.07) is 35.6. The minimum atomic E-state index is -1.82. The van der Waals surface area contributed by atoms with E-state index < -0.39 is 8.65 Å². The number of hydrogen-bond acceptors (Lipinski definition) is 4. The van der Waals surface area contributed by atoms with Gasteiger partial charge < -0.3 is 0 Å². The molecule has 0 heterocycles. The van der Waals surface area contributed by atoms with E-state index >= 15 is 0 Å². The van der Waals surface area contributed by atoms with E-state index in [1.54, 1.807) is 6.07 Å². The molecule has 4 aromatic carbocycles. The van der Waals surface area contributed by atoms with Gasteiger partial charge in [0.05, 0.1) is 0 Å². The molecular weight excluding hydrogens is 576 g/mol. The number of benzene rings is 4. The number of alkyl halides is 2. The molecule has 0 amide bonds. The Morgan fingerprint density at radius 1 is 0.444 bits per heavy atom. The van der Waals surface area contributed by atoms with Crippen molar-refractivity contribution < 1.29 is 0 Å². The lowest BCUT2D eigenvalue weighted by Gasteiger charge is -2.30. The summed E-state index contributed by atoms with van der Waals surface area (Å²) >= 11 is 6.67. The molecule has 0 atom stereocenters. The summed E-state index contributed by atoms with van der Waals surface area (Å²) in [6.07, 6.45) is 0. The Kier molecular flexibility index (Phi) is 5.74. The molecule has 0 bridgehead atoms. The minimum absolute atomic E-state index is 0.243. The van der Waals surface area contributed by atoms with Crippen molar-refractivity contribution in [2.45, 2.75) is 8.65 Å². The number of hydrogen-bond donors (Lipinski definition) is 0. The van der Waals surface area contributed by atoms with Gasteiger partial charge in [0.25, 0.3) is 0 Å². The average Bonchev–Trinajstić information content (AvgIpc) is 2.95. The van der Waals surface area contributed by atoms with E-state index in [0.29, 0.717) is 5.56 Å². The molecule has 0 saturated carbocycles. The summed E-state index contributed by atoms with van der Waals surface area (Å²) in [6.45, 7) is 0. The van der Waals surface area contributed by atoms with Crippen molar-refractivity contribution in [1.29, 1.82) is 21.0 Å². The maximum Gasteiger partial charge on any atom is 0.223 e. The van der Waals surface area contributed by atoms with Gasteiger partial charge in [-0.15, -0.1) is 0 Å². The fourth-order valence-corrected chi connectivity index (χ4v) is 5.62. The molecule has 0 unspecified atom stereocenters. The summed E-state index contributed by atoms with van der Waals surface area (Å²) in [5, 5.41) is 40.3. The number of halogens is 2. The standard InChI is InChI=1S/C30H14Br2N4/c31-29(15-33,16-34)26-14-13-25-23-11-4-3-9-21(23)19-7-1-2-8-20(19)22-10-5-6-12-24(22)27(25)28(26)30(32,17-35)18-36/h1-14H. The molecule has 0 radical (unpaired) electrons. The van der Waals surface area contributed by atoms with E-state index in [-0.39, 0.29) is 11.1 Å². The summed E-state index contributed by atoms with van der Waals surface area (Å²) in [5.41, 5.74) is 7.64. The molecule has 1 aliphatic rings. The van der Waals surface area contributed by atoms with Gasteiger partial charge in [-0.2, -0.15) is 21.0 Å². The van der Waals surface area contributed by atoms with Gasteiger partial charge in [-0.1, -0.05) is 84.9 Å². The van der Waals surface area contributed by atoms with Crippen LogP contribution in [-0.2, 0) is 8.65 Å². The van der Waals surface area contributed by atoms with E-state index in [9.17, 15) is 21.0 Å². The topological polar surface area (TPSA) is 95.2 Å². The van der Waals surface area contributed by atoms with Gasteiger partial charge >= 0.3 is 0 Å². The van der Waals surface area contributed by atoms with E-state index in [1.165, 1.54) is 0 Å². The summed E-state index contributed by atoms with van der Waals surface area (Å²) in [4.78, 5) is 0. The summed E-state index contributed by atoms with van der Waals surface area (Å²) < 4.78 is -3.58. The van der Waals surface area contributed by atoms with Crippen LogP contribution in [0, 0.1) is 45.3 Å². The first-order chi connectivity index (χ1) is 17.4. The van der Waals surface area contributed by atoms with Crippen LogP contribution in [-0.4, -0.2) is 0 Å². The maximum absolute atomic E-state index is 10.2. The minimum Gasteiger partial charge on any atom is -0.195 e. The van der Waals surface area contributed by atoms with Gasteiger partial charge in [-0.25, -0.2) is 0 Å². The van der Waals surface area contributed by atoms with Crippen molar-refractivity contribution in [3.05, 3.63) is 96.1 Å². The van der Waals surface area contributed by atoms with Crippen LogP contribution in [0.2, 0.25) is 0 Å². The van der Waals surface area contributed by atoms with Crippen LogP contribution >= 0.6 is 31.9 Å². The second-order valence-electron chi connectivity index (χ2n) is 8.31. The van der Waals surface area contributed by atoms with Gasteiger partial charge in [0.2, 0.25) is 8.65 Å². The predicted molar refractivity (Wildman–Crippen MR) is 145 cm³/mol. The van der Waals surface area contributed by atoms with Crippen molar-refractivity contribution in [3.8, 4) is 68.8 Å². The quantitative estimate of drug-likeness (QED) is 0.195. The van der Waals surface area contributed by atoms with Crippen LogP contribution in [0.4, 0.5) is 0 Å². The number of rotatable bonds is 2. The Bertz CT molecular complexity index is 1690. The first kappa shape index (κ1) is 23.5. The monoisotopic (exact) mass is 588 g/mol. The van der Waals surface area contributed by atoms with Gasteiger partial charge in [0, 0.05) is 11.1 Å². The van der Waals surface area contributed by atoms with Gasteiger partial charge in [-0.05, 0) is 76.4 Å². The highest BCUT2D eigenvalue weighted by Gasteiger charge is 2.43. The highest BCUT2D eigenvalue weighted by atomic mass is 79.9. The van der Waals surface area contributed by atoms with E-state index in [4.69, 9.17) is 0 Å². The normalized spacial score (nSPS) is 11.5. The third-order valence-electron chi connectivity index (χ3n) is 6.46. The molecule has 168 valence electrons. The third-order valence-corrected chi connectivity index (χ3v) is 7.99. The molecule has 0 fully saturated rings. The molecule has 0 aromatic heterocycles. The highest BCUT2D eigenvalue weighted by Crippen LogP contribution is 2.53. The third kappa shape index (κ3) is 3.36. The molecule has 1 aliphatic carbocycles. The average molecular weight is 590 g/mol. The Morgan fingerprint density at radius 3 is 1.22 bits per heavy atom. The first-order valence-corrected chi connectivity index (χ1v) is 12.5. The first-order valence-electron chi connectivity index (χ1n) is 10.9. The summed E-state index contributed by atoms with van der Waals surface area (Å²) in [5.74, 6) is 0. The molecule has 0 spiro atoms. The van der Waals surface area contributed by atoms with Crippen molar-refractivity contribution in [3.63, 3.8) is 0 Å². The molecule has 4 aromatic rings. The SMILES string of the molecule is N#CC(Br)(C#N)c1ccc2c(c1C(Br)(C#N)C#N)-c1ccccc1-c1ccccc1-c1ccccc1-2. The Hall–Kier alpha value is -4.20. The Balaban J connectivity index is 2.09. The highest BCUT2D eigenvalue weighted by molar-refractivity contribution is 9.10. The molecule has 6 heteroatoms. The zero-order chi connectivity index (χ0) is 25.5. The molecule has 4 nitrogen and oxygen atoms in total. The molecule has 0 saturated heterocycles. The zero-order valence-electron chi connectivity index (χ0n) is 18.6. The molecule has 0 aliphatic heterocycles. The second-order valence-corrected chi connectivity index (χ2v) is 10.7. The maximum atomic E-state index is 10.2. The van der Waals surface area contributed by atoms with Crippen LogP contribution in [0.3, 0.4) is 0 Å². The number of nitriles is 4. The predicted octanol–water partition coefficient (Wildman–Crippen LogP) is 7.94. The smallest absolute Gasteiger partial charge is 0.195 e.